The van der Waals surface area contributed by atoms with E-state index in [0.717, 1.165) is 25.9 Å². The molecule has 2 atom stereocenters. The van der Waals surface area contributed by atoms with Gasteiger partial charge in [0.1, 0.15) is 6.10 Å². The van der Waals surface area contributed by atoms with Crippen LogP contribution in [0.4, 0.5) is 0 Å². The highest BCUT2D eigenvalue weighted by Gasteiger charge is 2.14. The van der Waals surface area contributed by atoms with Gasteiger partial charge in [0.25, 0.3) is 0 Å². The first-order valence-corrected chi connectivity index (χ1v) is 9.09. The summed E-state index contributed by atoms with van der Waals surface area (Å²) in [5.74, 6) is -0.951. The van der Waals surface area contributed by atoms with Crippen molar-refractivity contribution in [2.24, 2.45) is 0 Å². The summed E-state index contributed by atoms with van der Waals surface area (Å²) < 4.78 is 21.2. The van der Waals surface area contributed by atoms with Crippen molar-refractivity contribution in [2.45, 2.75) is 38.1 Å². The minimum atomic E-state index is -0.584. The molecule has 0 spiro atoms. The molecule has 0 aromatic heterocycles. The third-order valence-electron chi connectivity index (χ3n) is 3.97. The first-order chi connectivity index (χ1) is 13.2. The van der Waals surface area contributed by atoms with E-state index in [1.807, 2.05) is 18.2 Å². The number of ether oxygens (including phenoxy) is 4. The highest BCUT2D eigenvalue weighted by molar-refractivity contribution is 5.89. The molecule has 0 saturated carbocycles. The van der Waals surface area contributed by atoms with Gasteiger partial charge in [0, 0.05) is 19.1 Å². The molecule has 1 aromatic rings. The number of hydrogen-bond donors (Lipinski definition) is 0. The number of methoxy groups -OCH3 is 1. The van der Waals surface area contributed by atoms with E-state index in [0.29, 0.717) is 18.6 Å². The zero-order chi connectivity index (χ0) is 19.3. The number of hydrogen-bond acceptors (Lipinski definition) is 6. The third kappa shape index (κ3) is 8.19. The monoisotopic (exact) mass is 374 g/mol. The van der Waals surface area contributed by atoms with E-state index >= 15 is 0 Å². The minimum Gasteiger partial charge on any atom is -0.466 e. The molecular formula is C21H26O6. The smallest absolute Gasteiger partial charge is 0.338 e. The van der Waals surface area contributed by atoms with E-state index in [4.69, 9.17) is 14.2 Å². The molecule has 1 saturated heterocycles. The van der Waals surface area contributed by atoms with Crippen LogP contribution < -0.4 is 0 Å². The van der Waals surface area contributed by atoms with Gasteiger partial charge >= 0.3 is 11.9 Å². The van der Waals surface area contributed by atoms with Crippen molar-refractivity contribution in [1.82, 2.24) is 0 Å². The molecular weight excluding hydrogens is 348 g/mol. The van der Waals surface area contributed by atoms with E-state index in [1.54, 1.807) is 24.3 Å². The van der Waals surface area contributed by atoms with E-state index in [-0.39, 0.29) is 6.29 Å². The number of rotatable bonds is 9. The third-order valence-corrected chi connectivity index (χ3v) is 3.97. The van der Waals surface area contributed by atoms with E-state index < -0.39 is 18.0 Å². The second kappa shape index (κ2) is 12.0. The number of esters is 2. The first kappa shape index (κ1) is 20.9. The molecule has 6 nitrogen and oxygen atoms in total. The molecule has 27 heavy (non-hydrogen) atoms. The second-order valence-corrected chi connectivity index (χ2v) is 6.03. The lowest BCUT2D eigenvalue weighted by Gasteiger charge is -2.21. The summed E-state index contributed by atoms with van der Waals surface area (Å²) in [7, 11) is 1.29. The molecule has 6 heteroatoms. The molecule has 0 N–H and O–H groups in total. The molecule has 0 radical (unpaired) electrons. The Labute approximate surface area is 159 Å². The number of benzene rings is 1. The van der Waals surface area contributed by atoms with Gasteiger partial charge < -0.3 is 18.9 Å². The fraction of sp³-hybridized carbons (Fsp3) is 0.429. The largest absolute Gasteiger partial charge is 0.466 e. The summed E-state index contributed by atoms with van der Waals surface area (Å²) in [6, 6.07) is 8.71. The van der Waals surface area contributed by atoms with Crippen molar-refractivity contribution in [2.75, 3.05) is 20.3 Å². The van der Waals surface area contributed by atoms with Gasteiger partial charge in [-0.25, -0.2) is 9.59 Å². The van der Waals surface area contributed by atoms with Crippen LogP contribution >= 0.6 is 0 Å². The van der Waals surface area contributed by atoms with Gasteiger partial charge in [0.05, 0.1) is 19.3 Å². The van der Waals surface area contributed by atoms with Gasteiger partial charge in [-0.1, -0.05) is 30.4 Å². The SMILES string of the molecule is COC(=O)/C=C/[C@@H](C/C=C/COC1CCCCO1)OC(=O)c1ccccc1. The van der Waals surface area contributed by atoms with Crippen molar-refractivity contribution < 1.29 is 28.5 Å². The maximum atomic E-state index is 12.2. The van der Waals surface area contributed by atoms with Crippen molar-refractivity contribution >= 4 is 11.9 Å². The Balaban J connectivity index is 1.85. The highest BCUT2D eigenvalue weighted by Crippen LogP contribution is 2.14. The Kier molecular flexibility index (Phi) is 9.30. The zero-order valence-corrected chi connectivity index (χ0v) is 15.5. The predicted octanol–water partition coefficient (Wildman–Crippen LogP) is 3.43. The zero-order valence-electron chi connectivity index (χ0n) is 15.5. The molecule has 0 amide bonds. The molecule has 1 fully saturated rings. The number of carbonyl (C=O) groups is 2. The summed E-state index contributed by atoms with van der Waals surface area (Å²) in [5, 5.41) is 0. The van der Waals surface area contributed by atoms with Crippen LogP contribution in [0.25, 0.3) is 0 Å². The van der Waals surface area contributed by atoms with Crippen LogP contribution in [0.3, 0.4) is 0 Å². The van der Waals surface area contributed by atoms with Crippen LogP contribution in [-0.2, 0) is 23.7 Å². The van der Waals surface area contributed by atoms with E-state index in [9.17, 15) is 9.59 Å². The second-order valence-electron chi connectivity index (χ2n) is 6.03. The van der Waals surface area contributed by atoms with Crippen LogP contribution in [-0.4, -0.2) is 44.7 Å². The topological polar surface area (TPSA) is 71.1 Å². The molecule has 1 aromatic carbocycles. The standard InChI is InChI=1S/C21H26O6/c1-24-19(22)14-13-18(27-21(23)17-9-3-2-4-10-17)11-5-7-15-25-20-12-6-8-16-26-20/h2-5,7,9-10,13-14,18,20H,6,8,11-12,15-16H2,1H3/b7-5+,14-13+/t18-,20?/m1/s1. The average Bonchev–Trinajstić information content (AvgIpc) is 2.72. The molecule has 0 bridgehead atoms. The van der Waals surface area contributed by atoms with Gasteiger partial charge in [-0.15, -0.1) is 0 Å². The molecule has 146 valence electrons. The van der Waals surface area contributed by atoms with Gasteiger partial charge in [-0.2, -0.15) is 0 Å². The van der Waals surface area contributed by atoms with Crippen molar-refractivity contribution in [3.63, 3.8) is 0 Å². The molecule has 2 rings (SSSR count). The Morgan fingerprint density at radius 2 is 2.04 bits per heavy atom. The van der Waals surface area contributed by atoms with Crippen LogP contribution in [0, 0.1) is 0 Å². The van der Waals surface area contributed by atoms with E-state index in [1.165, 1.54) is 19.3 Å². The van der Waals surface area contributed by atoms with Crippen molar-refractivity contribution in [1.29, 1.82) is 0 Å². The molecule has 1 aliphatic heterocycles. The van der Waals surface area contributed by atoms with Crippen LogP contribution in [0.5, 0.6) is 0 Å². The minimum absolute atomic E-state index is 0.144. The Hall–Kier alpha value is -2.44. The van der Waals surface area contributed by atoms with Gasteiger partial charge in [-0.3, -0.25) is 0 Å². The van der Waals surface area contributed by atoms with Crippen LogP contribution in [0.2, 0.25) is 0 Å². The van der Waals surface area contributed by atoms with Gasteiger partial charge in [0.2, 0.25) is 0 Å². The lowest BCUT2D eigenvalue weighted by molar-refractivity contribution is -0.155. The summed E-state index contributed by atoms with van der Waals surface area (Å²) in [4.78, 5) is 23.5. The maximum Gasteiger partial charge on any atom is 0.338 e. The summed E-state index contributed by atoms with van der Waals surface area (Å²) >= 11 is 0. The van der Waals surface area contributed by atoms with Crippen LogP contribution in [0.15, 0.2) is 54.6 Å². The molecule has 1 unspecified atom stereocenters. The summed E-state index contributed by atoms with van der Waals surface area (Å²) in [5.41, 5.74) is 0.454. The fourth-order valence-corrected chi connectivity index (χ4v) is 2.50. The normalized spacial score (nSPS) is 18.5. The highest BCUT2D eigenvalue weighted by atomic mass is 16.7. The Bertz CT molecular complexity index is 631. The van der Waals surface area contributed by atoms with E-state index in [2.05, 4.69) is 4.74 Å². The summed E-state index contributed by atoms with van der Waals surface area (Å²) in [6.07, 6.45) is 9.27. The molecule has 1 heterocycles. The molecule has 0 aliphatic carbocycles. The lowest BCUT2D eigenvalue weighted by atomic mass is 10.2. The number of carbonyl (C=O) groups excluding carboxylic acids is 2. The quantitative estimate of drug-likeness (QED) is 0.375. The average molecular weight is 374 g/mol. The maximum absolute atomic E-state index is 12.2. The predicted molar refractivity (Wildman–Crippen MR) is 100 cm³/mol. The Morgan fingerprint density at radius 1 is 1.22 bits per heavy atom. The first-order valence-electron chi connectivity index (χ1n) is 9.09. The van der Waals surface area contributed by atoms with Crippen molar-refractivity contribution in [3.8, 4) is 0 Å². The summed E-state index contributed by atoms with van der Waals surface area (Å²) in [6.45, 7) is 1.16. The lowest BCUT2D eigenvalue weighted by Crippen LogP contribution is -2.22. The van der Waals surface area contributed by atoms with Gasteiger partial charge in [-0.05, 0) is 37.5 Å². The fourth-order valence-electron chi connectivity index (χ4n) is 2.50. The molecule has 1 aliphatic rings. The van der Waals surface area contributed by atoms with Crippen LogP contribution in [0.1, 0.15) is 36.0 Å². The van der Waals surface area contributed by atoms with Crippen molar-refractivity contribution in [3.05, 3.63) is 60.2 Å². The van der Waals surface area contributed by atoms with Gasteiger partial charge in [0.15, 0.2) is 6.29 Å². The Morgan fingerprint density at radius 3 is 2.74 bits per heavy atom.